The first-order chi connectivity index (χ1) is 8.15. The predicted octanol–water partition coefficient (Wildman–Crippen LogP) is 4.56. The maximum absolute atomic E-state index is 6.14. The first kappa shape index (κ1) is 14.9. The third-order valence-electron chi connectivity index (χ3n) is 2.36. The van der Waals surface area contributed by atoms with Crippen LogP contribution in [0.2, 0.25) is 10.0 Å². The van der Waals surface area contributed by atoms with Gasteiger partial charge in [0.1, 0.15) is 0 Å². The van der Waals surface area contributed by atoms with Crippen molar-refractivity contribution in [2.75, 3.05) is 18.1 Å². The van der Waals surface area contributed by atoms with Gasteiger partial charge in [0, 0.05) is 34.1 Å². The van der Waals surface area contributed by atoms with Crippen molar-refractivity contribution in [2.24, 2.45) is 0 Å². The van der Waals surface area contributed by atoms with Crippen molar-refractivity contribution in [3.8, 4) is 0 Å². The zero-order valence-electron chi connectivity index (χ0n) is 9.88. The zero-order valence-corrected chi connectivity index (χ0v) is 12.2. The van der Waals surface area contributed by atoms with Crippen molar-refractivity contribution in [3.63, 3.8) is 0 Å². The van der Waals surface area contributed by atoms with Crippen LogP contribution in [-0.4, -0.2) is 18.1 Å². The molecule has 0 aliphatic heterocycles. The highest BCUT2D eigenvalue weighted by atomic mass is 35.5. The summed E-state index contributed by atoms with van der Waals surface area (Å²) in [5.41, 5.74) is 1.09. The van der Waals surface area contributed by atoms with Gasteiger partial charge in [-0.25, -0.2) is 0 Å². The molecule has 0 radical (unpaired) electrons. The van der Waals surface area contributed by atoms with Crippen LogP contribution in [-0.2, 0) is 0 Å². The Morgan fingerprint density at radius 3 is 2.88 bits per heavy atom. The van der Waals surface area contributed by atoms with Gasteiger partial charge in [-0.05, 0) is 24.6 Å². The molecule has 1 unspecified atom stereocenters. The summed E-state index contributed by atoms with van der Waals surface area (Å²) in [4.78, 5) is 0. The summed E-state index contributed by atoms with van der Waals surface area (Å²) < 4.78 is 0. The summed E-state index contributed by atoms with van der Waals surface area (Å²) in [6.07, 6.45) is 1.92. The fourth-order valence-electron chi connectivity index (χ4n) is 1.48. The Bertz CT molecular complexity index is 368. The second kappa shape index (κ2) is 8.04. The first-order valence-corrected chi connectivity index (χ1v) is 7.43. The van der Waals surface area contributed by atoms with Gasteiger partial charge in [-0.1, -0.05) is 35.3 Å². The highest BCUT2D eigenvalue weighted by Gasteiger charge is 2.08. The average molecular weight is 290 g/mol. The molecule has 0 saturated carbocycles. The van der Waals surface area contributed by atoms with E-state index in [1.165, 1.54) is 0 Å². The molecule has 1 atom stereocenters. The Morgan fingerprint density at radius 1 is 1.47 bits per heavy atom. The molecule has 1 aromatic carbocycles. The summed E-state index contributed by atoms with van der Waals surface area (Å²) in [5.74, 6) is 2.07. The maximum Gasteiger partial charge on any atom is 0.0468 e. The molecule has 0 amide bonds. The van der Waals surface area contributed by atoms with Crippen LogP contribution in [0.15, 0.2) is 30.9 Å². The normalized spacial score (nSPS) is 12.4. The third-order valence-corrected chi connectivity index (χ3v) is 3.89. The Morgan fingerprint density at radius 2 is 2.24 bits per heavy atom. The number of benzene rings is 1. The minimum Gasteiger partial charge on any atom is -0.309 e. The lowest BCUT2D eigenvalue weighted by atomic mass is 10.1. The highest BCUT2D eigenvalue weighted by molar-refractivity contribution is 7.99. The lowest BCUT2D eigenvalue weighted by Crippen LogP contribution is -2.21. The second-order valence-corrected chi connectivity index (χ2v) is 5.70. The van der Waals surface area contributed by atoms with Crippen LogP contribution in [0.25, 0.3) is 0 Å². The van der Waals surface area contributed by atoms with Crippen LogP contribution in [0.3, 0.4) is 0 Å². The highest BCUT2D eigenvalue weighted by Crippen LogP contribution is 2.25. The molecule has 0 bridgehead atoms. The van der Waals surface area contributed by atoms with Gasteiger partial charge in [-0.2, -0.15) is 11.8 Å². The molecule has 0 fully saturated rings. The van der Waals surface area contributed by atoms with Crippen molar-refractivity contribution in [1.82, 2.24) is 5.32 Å². The Labute approximate surface area is 118 Å². The maximum atomic E-state index is 6.14. The monoisotopic (exact) mass is 289 g/mol. The van der Waals surface area contributed by atoms with Crippen LogP contribution < -0.4 is 5.32 Å². The summed E-state index contributed by atoms with van der Waals surface area (Å²) in [6, 6.07) is 5.86. The van der Waals surface area contributed by atoms with E-state index in [4.69, 9.17) is 23.2 Å². The Balaban J connectivity index is 2.41. The first-order valence-electron chi connectivity index (χ1n) is 5.52. The van der Waals surface area contributed by atoms with Gasteiger partial charge in [-0.3, -0.25) is 0 Å². The summed E-state index contributed by atoms with van der Waals surface area (Å²) in [6.45, 7) is 6.75. The van der Waals surface area contributed by atoms with Gasteiger partial charge < -0.3 is 5.32 Å². The fraction of sp³-hybridized carbons (Fsp3) is 0.385. The molecule has 0 aromatic heterocycles. The molecule has 4 heteroatoms. The molecule has 0 aliphatic rings. The van der Waals surface area contributed by atoms with E-state index in [-0.39, 0.29) is 6.04 Å². The average Bonchev–Trinajstić information content (AvgIpc) is 2.28. The second-order valence-electron chi connectivity index (χ2n) is 3.71. The summed E-state index contributed by atoms with van der Waals surface area (Å²) in [5, 5.41) is 4.83. The third kappa shape index (κ3) is 5.35. The number of hydrogen-bond acceptors (Lipinski definition) is 2. The molecular weight excluding hydrogens is 273 g/mol. The van der Waals surface area contributed by atoms with Gasteiger partial charge in [-0.15, -0.1) is 6.58 Å². The molecule has 1 nitrogen and oxygen atoms in total. The van der Waals surface area contributed by atoms with Gasteiger partial charge >= 0.3 is 0 Å². The standard InChI is InChI=1S/C13H17Cl2NS/c1-3-7-17-8-6-16-10(2)12-5-4-11(14)9-13(12)15/h3-5,9-10,16H,1,6-8H2,2H3. The van der Waals surface area contributed by atoms with E-state index in [9.17, 15) is 0 Å². The number of hydrogen-bond donors (Lipinski definition) is 1. The molecule has 94 valence electrons. The lowest BCUT2D eigenvalue weighted by Gasteiger charge is -2.15. The summed E-state index contributed by atoms with van der Waals surface area (Å²) in [7, 11) is 0. The fourth-order valence-corrected chi connectivity index (χ4v) is 2.64. The largest absolute Gasteiger partial charge is 0.309 e. The molecule has 0 aliphatic carbocycles. The number of nitrogens with one attached hydrogen (secondary N) is 1. The van der Waals surface area contributed by atoms with Gasteiger partial charge in [0.15, 0.2) is 0 Å². The molecule has 0 heterocycles. The van der Waals surface area contributed by atoms with E-state index < -0.39 is 0 Å². The Hall–Kier alpha value is -0.150. The van der Waals surface area contributed by atoms with Crippen LogP contribution in [0.1, 0.15) is 18.5 Å². The minimum absolute atomic E-state index is 0.240. The molecule has 0 spiro atoms. The molecule has 0 saturated heterocycles. The lowest BCUT2D eigenvalue weighted by molar-refractivity contribution is 0.601. The molecule has 17 heavy (non-hydrogen) atoms. The van der Waals surface area contributed by atoms with Crippen LogP contribution >= 0.6 is 35.0 Å². The van der Waals surface area contributed by atoms with Crippen LogP contribution in [0.4, 0.5) is 0 Å². The summed E-state index contributed by atoms with van der Waals surface area (Å²) >= 11 is 13.9. The predicted molar refractivity (Wildman–Crippen MR) is 80.4 cm³/mol. The van der Waals surface area contributed by atoms with Crippen molar-refractivity contribution >= 4 is 35.0 Å². The van der Waals surface area contributed by atoms with Gasteiger partial charge in [0.05, 0.1) is 0 Å². The van der Waals surface area contributed by atoms with E-state index in [0.29, 0.717) is 5.02 Å². The van der Waals surface area contributed by atoms with Gasteiger partial charge in [0.2, 0.25) is 0 Å². The van der Waals surface area contributed by atoms with Gasteiger partial charge in [0.25, 0.3) is 0 Å². The quantitative estimate of drug-likeness (QED) is 0.583. The van der Waals surface area contributed by atoms with E-state index in [2.05, 4.69) is 18.8 Å². The smallest absolute Gasteiger partial charge is 0.0468 e. The van der Waals surface area contributed by atoms with E-state index >= 15 is 0 Å². The SMILES string of the molecule is C=CCSCCNC(C)c1ccc(Cl)cc1Cl. The number of rotatable bonds is 7. The molecular formula is C13H17Cl2NS. The van der Waals surface area contributed by atoms with Crippen LogP contribution in [0.5, 0.6) is 0 Å². The van der Waals surface area contributed by atoms with Crippen LogP contribution in [0, 0.1) is 0 Å². The van der Waals surface area contributed by atoms with E-state index in [1.807, 2.05) is 30.0 Å². The van der Waals surface area contributed by atoms with E-state index in [0.717, 1.165) is 28.6 Å². The number of thioether (sulfide) groups is 1. The molecule has 1 aromatic rings. The molecule has 1 rings (SSSR count). The topological polar surface area (TPSA) is 12.0 Å². The van der Waals surface area contributed by atoms with E-state index in [1.54, 1.807) is 6.07 Å². The van der Waals surface area contributed by atoms with Crippen molar-refractivity contribution < 1.29 is 0 Å². The zero-order chi connectivity index (χ0) is 12.7. The van der Waals surface area contributed by atoms with Crippen molar-refractivity contribution in [2.45, 2.75) is 13.0 Å². The number of halogens is 2. The Kier molecular flexibility index (Phi) is 7.05. The van der Waals surface area contributed by atoms with Crippen molar-refractivity contribution in [1.29, 1.82) is 0 Å². The molecule has 1 N–H and O–H groups in total. The minimum atomic E-state index is 0.240. The van der Waals surface area contributed by atoms with Crippen molar-refractivity contribution in [3.05, 3.63) is 46.5 Å².